The summed E-state index contributed by atoms with van der Waals surface area (Å²) in [5.74, 6) is -0.664. The normalized spacial score (nSPS) is 10.9. The Labute approximate surface area is 121 Å². The molecule has 0 aliphatic carbocycles. The van der Waals surface area contributed by atoms with Crippen molar-refractivity contribution in [3.05, 3.63) is 33.3 Å². The SMILES string of the molecule is CCCNC(=O)/C(C#N)=C/c1c(Cl)ccc(O)c1Cl. The molecule has 2 N–H and O–H groups in total. The summed E-state index contributed by atoms with van der Waals surface area (Å²) in [4.78, 5) is 11.7. The molecule has 0 aromatic heterocycles. The van der Waals surface area contributed by atoms with Crippen molar-refractivity contribution < 1.29 is 9.90 Å². The van der Waals surface area contributed by atoms with Crippen molar-refractivity contribution in [2.24, 2.45) is 0 Å². The van der Waals surface area contributed by atoms with E-state index in [0.717, 1.165) is 6.42 Å². The Balaban J connectivity index is 3.16. The Morgan fingerprint density at radius 3 is 2.79 bits per heavy atom. The number of hydrogen-bond acceptors (Lipinski definition) is 3. The number of carbonyl (C=O) groups excluding carboxylic acids is 1. The molecule has 0 bridgehead atoms. The molecule has 4 nitrogen and oxygen atoms in total. The second kappa shape index (κ2) is 7.03. The van der Waals surface area contributed by atoms with Crippen LogP contribution in [-0.2, 0) is 4.79 Å². The smallest absolute Gasteiger partial charge is 0.261 e. The van der Waals surface area contributed by atoms with Gasteiger partial charge in [-0.1, -0.05) is 30.1 Å². The van der Waals surface area contributed by atoms with E-state index in [1.54, 1.807) is 6.07 Å². The zero-order valence-corrected chi connectivity index (χ0v) is 11.7. The average Bonchev–Trinajstić information content (AvgIpc) is 2.40. The number of phenols is 1. The summed E-state index contributed by atoms with van der Waals surface area (Å²) in [5, 5.41) is 21.3. The van der Waals surface area contributed by atoms with E-state index in [2.05, 4.69) is 5.32 Å². The molecule has 6 heteroatoms. The molecule has 0 heterocycles. The average molecular weight is 299 g/mol. The monoisotopic (exact) mass is 298 g/mol. The zero-order valence-electron chi connectivity index (χ0n) is 10.2. The molecule has 1 rings (SSSR count). The third-order valence-corrected chi connectivity index (χ3v) is 3.02. The number of carbonyl (C=O) groups is 1. The van der Waals surface area contributed by atoms with Gasteiger partial charge in [-0.2, -0.15) is 5.26 Å². The van der Waals surface area contributed by atoms with E-state index in [1.807, 2.05) is 6.92 Å². The van der Waals surface area contributed by atoms with Gasteiger partial charge in [-0.15, -0.1) is 0 Å². The Morgan fingerprint density at radius 2 is 2.21 bits per heavy atom. The minimum atomic E-state index is -0.500. The number of aromatic hydroxyl groups is 1. The maximum atomic E-state index is 11.7. The number of nitrogens with zero attached hydrogens (tertiary/aromatic N) is 1. The van der Waals surface area contributed by atoms with E-state index in [1.165, 1.54) is 18.2 Å². The van der Waals surface area contributed by atoms with Gasteiger partial charge in [0.15, 0.2) is 0 Å². The van der Waals surface area contributed by atoms with E-state index >= 15 is 0 Å². The fourth-order valence-corrected chi connectivity index (χ4v) is 1.80. The molecule has 1 aromatic carbocycles. The molecule has 0 saturated heterocycles. The molecule has 0 unspecified atom stereocenters. The highest BCUT2D eigenvalue weighted by atomic mass is 35.5. The summed E-state index contributed by atoms with van der Waals surface area (Å²) < 4.78 is 0. The molecule has 1 amide bonds. The van der Waals surface area contributed by atoms with Crippen molar-refractivity contribution >= 4 is 35.2 Å². The van der Waals surface area contributed by atoms with Crippen LogP contribution in [0.2, 0.25) is 10.0 Å². The van der Waals surface area contributed by atoms with E-state index in [4.69, 9.17) is 28.5 Å². The van der Waals surface area contributed by atoms with Gasteiger partial charge in [0.05, 0.1) is 5.02 Å². The van der Waals surface area contributed by atoms with Gasteiger partial charge in [-0.25, -0.2) is 0 Å². The van der Waals surface area contributed by atoms with Crippen LogP contribution in [-0.4, -0.2) is 17.6 Å². The maximum Gasteiger partial charge on any atom is 0.261 e. The molecular weight excluding hydrogens is 287 g/mol. The van der Waals surface area contributed by atoms with Crippen LogP contribution in [0.25, 0.3) is 6.08 Å². The lowest BCUT2D eigenvalue weighted by Gasteiger charge is -2.06. The lowest BCUT2D eigenvalue weighted by Crippen LogP contribution is -2.25. The zero-order chi connectivity index (χ0) is 14.4. The van der Waals surface area contributed by atoms with Crippen LogP contribution >= 0.6 is 23.2 Å². The lowest BCUT2D eigenvalue weighted by molar-refractivity contribution is -0.117. The van der Waals surface area contributed by atoms with Crippen LogP contribution < -0.4 is 5.32 Å². The second-order valence-corrected chi connectivity index (χ2v) is 4.51. The summed E-state index contributed by atoms with van der Waals surface area (Å²) >= 11 is 11.8. The molecular formula is C13H12Cl2N2O2. The number of hydrogen-bond donors (Lipinski definition) is 2. The second-order valence-electron chi connectivity index (χ2n) is 3.72. The molecule has 0 saturated carbocycles. The first-order valence-electron chi connectivity index (χ1n) is 5.58. The third-order valence-electron chi connectivity index (χ3n) is 2.30. The van der Waals surface area contributed by atoms with Crippen molar-refractivity contribution in [1.82, 2.24) is 5.32 Å². The predicted molar refractivity (Wildman–Crippen MR) is 75.0 cm³/mol. The molecule has 0 radical (unpaired) electrons. The van der Waals surface area contributed by atoms with Crippen LogP contribution in [0, 0.1) is 11.3 Å². The highest BCUT2D eigenvalue weighted by molar-refractivity contribution is 6.38. The van der Waals surface area contributed by atoms with Gasteiger partial charge < -0.3 is 10.4 Å². The standard InChI is InChI=1S/C13H12Cl2N2O2/c1-2-5-17-13(19)8(7-16)6-9-10(14)3-4-11(18)12(9)15/h3-4,6,18H,2,5H2,1H3,(H,17,19)/b8-6+. The minimum absolute atomic E-state index is 0.00328. The van der Waals surface area contributed by atoms with Crippen LogP contribution in [0.15, 0.2) is 17.7 Å². The highest BCUT2D eigenvalue weighted by Crippen LogP contribution is 2.33. The van der Waals surface area contributed by atoms with Crippen LogP contribution in [0.4, 0.5) is 0 Å². The summed E-state index contributed by atoms with van der Waals surface area (Å²) in [6.45, 7) is 2.37. The first kappa shape index (κ1) is 15.4. The first-order valence-corrected chi connectivity index (χ1v) is 6.33. The number of amides is 1. The van der Waals surface area contributed by atoms with Gasteiger partial charge in [0.1, 0.15) is 17.4 Å². The quantitative estimate of drug-likeness (QED) is 0.662. The van der Waals surface area contributed by atoms with E-state index in [9.17, 15) is 9.90 Å². The van der Waals surface area contributed by atoms with E-state index in [-0.39, 0.29) is 26.9 Å². The number of phenolic OH excluding ortho intramolecular Hbond substituents is 1. The van der Waals surface area contributed by atoms with Gasteiger partial charge in [-0.3, -0.25) is 4.79 Å². The van der Waals surface area contributed by atoms with Crippen molar-refractivity contribution in [2.75, 3.05) is 6.54 Å². The van der Waals surface area contributed by atoms with Crippen molar-refractivity contribution in [3.63, 3.8) is 0 Å². The molecule has 100 valence electrons. The lowest BCUT2D eigenvalue weighted by atomic mass is 10.1. The number of nitrogens with one attached hydrogen (secondary N) is 1. The molecule has 1 aromatic rings. The topological polar surface area (TPSA) is 73.1 Å². The molecule has 0 atom stereocenters. The fraction of sp³-hybridized carbons (Fsp3) is 0.231. The number of benzene rings is 1. The largest absolute Gasteiger partial charge is 0.506 e. The van der Waals surface area contributed by atoms with Crippen molar-refractivity contribution in [1.29, 1.82) is 5.26 Å². The fourth-order valence-electron chi connectivity index (χ4n) is 1.32. The Bertz CT molecular complexity index is 562. The molecule has 0 aliphatic rings. The van der Waals surface area contributed by atoms with Gasteiger partial charge in [-0.05, 0) is 24.6 Å². The Morgan fingerprint density at radius 1 is 1.53 bits per heavy atom. The van der Waals surface area contributed by atoms with Gasteiger partial charge >= 0.3 is 0 Å². The Kier molecular flexibility index (Phi) is 5.68. The molecule has 0 fully saturated rings. The van der Waals surface area contributed by atoms with Gasteiger partial charge in [0.25, 0.3) is 5.91 Å². The third kappa shape index (κ3) is 3.88. The molecule has 0 aliphatic heterocycles. The summed E-state index contributed by atoms with van der Waals surface area (Å²) in [6, 6.07) is 4.56. The number of rotatable bonds is 4. The maximum absolute atomic E-state index is 11.7. The van der Waals surface area contributed by atoms with E-state index < -0.39 is 5.91 Å². The van der Waals surface area contributed by atoms with Crippen LogP contribution in [0.1, 0.15) is 18.9 Å². The van der Waals surface area contributed by atoms with Crippen molar-refractivity contribution in [2.45, 2.75) is 13.3 Å². The minimum Gasteiger partial charge on any atom is -0.506 e. The van der Waals surface area contributed by atoms with Crippen molar-refractivity contribution in [3.8, 4) is 11.8 Å². The van der Waals surface area contributed by atoms with Gasteiger partial charge in [0.2, 0.25) is 0 Å². The van der Waals surface area contributed by atoms with Gasteiger partial charge in [0, 0.05) is 17.1 Å². The summed E-state index contributed by atoms with van der Waals surface area (Å²) in [6.07, 6.45) is 2.02. The highest BCUT2D eigenvalue weighted by Gasteiger charge is 2.13. The number of nitriles is 1. The first-order chi connectivity index (χ1) is 9.01. The summed E-state index contributed by atoms with van der Waals surface area (Å²) in [5.41, 5.74) is 0.120. The van der Waals surface area contributed by atoms with E-state index in [0.29, 0.717) is 6.54 Å². The predicted octanol–water partition coefficient (Wildman–Crippen LogP) is 3.13. The Hall–Kier alpha value is -1.70. The number of halogens is 2. The molecule has 19 heavy (non-hydrogen) atoms. The van der Waals surface area contributed by atoms with Crippen LogP contribution in [0.5, 0.6) is 5.75 Å². The van der Waals surface area contributed by atoms with Crippen LogP contribution in [0.3, 0.4) is 0 Å². The molecule has 0 spiro atoms. The summed E-state index contributed by atoms with van der Waals surface area (Å²) in [7, 11) is 0.